The monoisotopic (exact) mass is 447 g/mol. The van der Waals surface area contributed by atoms with Crippen molar-refractivity contribution < 1.29 is 13.2 Å². The van der Waals surface area contributed by atoms with Crippen molar-refractivity contribution in [1.29, 1.82) is 0 Å². The van der Waals surface area contributed by atoms with Gasteiger partial charge in [-0.1, -0.05) is 72.8 Å². The van der Waals surface area contributed by atoms with E-state index in [1.807, 2.05) is 36.4 Å². The van der Waals surface area contributed by atoms with Crippen molar-refractivity contribution in [3.8, 4) is 0 Å². The minimum absolute atomic E-state index is 0.108. The lowest BCUT2D eigenvalue weighted by molar-refractivity contribution is -0.120. The number of hydrogen-bond donors (Lipinski definition) is 2. The first-order valence-electron chi connectivity index (χ1n) is 10.6. The molecule has 2 N–H and O–H groups in total. The van der Waals surface area contributed by atoms with Crippen molar-refractivity contribution >= 4 is 21.8 Å². The highest BCUT2D eigenvalue weighted by molar-refractivity contribution is 7.90. The molecule has 0 bridgehead atoms. The van der Waals surface area contributed by atoms with Gasteiger partial charge in [0.15, 0.2) is 0 Å². The third-order valence-electron chi connectivity index (χ3n) is 5.43. The van der Waals surface area contributed by atoms with Crippen LogP contribution in [-0.2, 0) is 14.8 Å². The molecule has 32 heavy (non-hydrogen) atoms. The molecule has 7 heteroatoms. The Morgan fingerprint density at radius 1 is 0.875 bits per heavy atom. The molecule has 4 rings (SSSR count). The second kappa shape index (κ2) is 9.78. The largest absolute Gasteiger partial charge is 0.356 e. The van der Waals surface area contributed by atoms with Crippen LogP contribution in [0.15, 0.2) is 94.8 Å². The molecule has 0 radical (unpaired) electrons. The summed E-state index contributed by atoms with van der Waals surface area (Å²) < 4.78 is 26.7. The maximum atomic E-state index is 12.3. The summed E-state index contributed by atoms with van der Waals surface area (Å²) in [6.45, 7) is 0.748. The molecule has 6 nitrogen and oxygen atoms in total. The smallest absolute Gasteiger partial charge is 0.263 e. The summed E-state index contributed by atoms with van der Waals surface area (Å²) >= 11 is 0. The summed E-state index contributed by atoms with van der Waals surface area (Å²) in [5.41, 5.74) is 2.97. The Labute approximate surface area is 188 Å². The number of rotatable bonds is 8. The summed E-state index contributed by atoms with van der Waals surface area (Å²) in [6, 6.07) is 27.2. The first kappa shape index (κ1) is 21.8. The molecular formula is C25H25N3O3S. The highest BCUT2D eigenvalue weighted by Crippen LogP contribution is 2.27. The Balaban J connectivity index is 1.32. The van der Waals surface area contributed by atoms with E-state index in [0.717, 1.165) is 6.42 Å². The van der Waals surface area contributed by atoms with Gasteiger partial charge in [-0.25, -0.2) is 8.42 Å². The topological polar surface area (TPSA) is 87.6 Å². The number of nitrogens with one attached hydrogen (secondary N) is 2. The van der Waals surface area contributed by atoms with Gasteiger partial charge in [0.1, 0.15) is 5.84 Å². The van der Waals surface area contributed by atoms with Crippen LogP contribution in [0, 0.1) is 0 Å². The number of hydrogen-bond acceptors (Lipinski definition) is 4. The van der Waals surface area contributed by atoms with Gasteiger partial charge in [0.05, 0.1) is 11.4 Å². The number of aliphatic imine (C=N–C) groups is 1. The second-order valence-corrected chi connectivity index (χ2v) is 9.25. The molecule has 0 atom stereocenters. The molecule has 0 spiro atoms. The molecule has 3 aromatic carbocycles. The summed E-state index contributed by atoms with van der Waals surface area (Å²) in [5, 5.41) is 2.97. The number of sulfonamides is 1. The van der Waals surface area contributed by atoms with Crippen molar-refractivity contribution in [2.24, 2.45) is 4.99 Å². The van der Waals surface area contributed by atoms with Crippen LogP contribution < -0.4 is 10.0 Å². The van der Waals surface area contributed by atoms with Crippen LogP contribution in [-0.4, -0.2) is 33.3 Å². The van der Waals surface area contributed by atoms with E-state index in [4.69, 9.17) is 0 Å². The summed E-state index contributed by atoms with van der Waals surface area (Å²) in [6.07, 6.45) is 0.968. The number of amides is 1. The normalized spacial score (nSPS) is 15.3. The summed E-state index contributed by atoms with van der Waals surface area (Å²) in [4.78, 5) is 16.8. The first-order chi connectivity index (χ1) is 15.5. The second-order valence-electron chi connectivity index (χ2n) is 7.59. The molecule has 1 aliphatic heterocycles. The van der Waals surface area contributed by atoms with Gasteiger partial charge in [0.25, 0.3) is 10.0 Å². The molecule has 0 aromatic heterocycles. The average molecular weight is 448 g/mol. The van der Waals surface area contributed by atoms with Gasteiger partial charge in [-0.15, -0.1) is 0 Å². The van der Waals surface area contributed by atoms with E-state index in [1.54, 1.807) is 24.3 Å². The molecule has 0 fully saturated rings. The number of fused-ring (bicyclic) bond motifs is 1. The van der Waals surface area contributed by atoms with Crippen molar-refractivity contribution in [1.82, 2.24) is 10.0 Å². The number of carbonyl (C=O) groups is 1. The molecule has 1 amide bonds. The Bertz CT molecular complexity index is 1170. The van der Waals surface area contributed by atoms with Crippen LogP contribution >= 0.6 is 0 Å². The maximum Gasteiger partial charge on any atom is 0.263 e. The fourth-order valence-electron chi connectivity index (χ4n) is 3.86. The van der Waals surface area contributed by atoms with Crippen LogP contribution in [0.25, 0.3) is 0 Å². The lowest BCUT2D eigenvalue weighted by atomic mass is 9.88. The predicted octanol–water partition coefficient (Wildman–Crippen LogP) is 3.45. The minimum Gasteiger partial charge on any atom is -0.356 e. The van der Waals surface area contributed by atoms with Crippen LogP contribution in [0.2, 0.25) is 0 Å². The van der Waals surface area contributed by atoms with Crippen LogP contribution in [0.4, 0.5) is 0 Å². The predicted molar refractivity (Wildman–Crippen MR) is 125 cm³/mol. The molecule has 1 heterocycles. The van der Waals surface area contributed by atoms with Gasteiger partial charge < -0.3 is 5.32 Å². The molecule has 164 valence electrons. The molecule has 3 aromatic rings. The quantitative estimate of drug-likeness (QED) is 0.554. The molecule has 0 unspecified atom stereocenters. The summed E-state index contributed by atoms with van der Waals surface area (Å²) in [7, 11) is -3.56. The number of amidine groups is 1. The van der Waals surface area contributed by atoms with Crippen LogP contribution in [0.1, 0.15) is 35.4 Å². The highest BCUT2D eigenvalue weighted by Gasteiger charge is 2.29. The zero-order chi connectivity index (χ0) is 22.4. The summed E-state index contributed by atoms with van der Waals surface area (Å²) in [5.74, 6) is 0.382. The standard InChI is InChI=1S/C25H25N3O3S/c29-24(16-18-27-25-22-13-7-8-14-23(22)32(30,31)28-25)26-17-15-21(19-9-3-1-4-10-19)20-11-5-2-6-12-20/h1-14,21H,15-18H2,(H,26,29)(H,27,28). The van der Waals surface area contributed by atoms with Gasteiger partial charge in [-0.05, 0) is 29.7 Å². The number of benzene rings is 3. The molecule has 1 aliphatic rings. The van der Waals surface area contributed by atoms with Crippen molar-refractivity contribution in [2.75, 3.05) is 13.1 Å². The van der Waals surface area contributed by atoms with Crippen LogP contribution in [0.5, 0.6) is 0 Å². The maximum absolute atomic E-state index is 12.3. The van der Waals surface area contributed by atoms with Gasteiger partial charge >= 0.3 is 0 Å². The Morgan fingerprint density at radius 3 is 2.12 bits per heavy atom. The third kappa shape index (κ3) is 5.06. The zero-order valence-electron chi connectivity index (χ0n) is 17.6. The van der Waals surface area contributed by atoms with Gasteiger partial charge in [-0.2, -0.15) is 0 Å². The SMILES string of the molecule is O=C(CCN=C1NS(=O)(=O)c2ccccc21)NCCC(c1ccccc1)c1ccccc1. The van der Waals surface area contributed by atoms with E-state index in [0.29, 0.717) is 17.9 Å². The number of carbonyl (C=O) groups excluding carboxylic acids is 1. The minimum atomic E-state index is -3.56. The van der Waals surface area contributed by atoms with E-state index in [-0.39, 0.29) is 29.7 Å². The Morgan fingerprint density at radius 2 is 1.47 bits per heavy atom. The Kier molecular flexibility index (Phi) is 6.66. The first-order valence-corrected chi connectivity index (χ1v) is 12.1. The van der Waals surface area contributed by atoms with Gasteiger partial charge in [0, 0.05) is 24.4 Å². The van der Waals surface area contributed by atoms with Crippen LogP contribution in [0.3, 0.4) is 0 Å². The molecule has 0 saturated carbocycles. The third-order valence-corrected chi connectivity index (χ3v) is 6.83. The lowest BCUT2D eigenvalue weighted by Gasteiger charge is -2.18. The highest BCUT2D eigenvalue weighted by atomic mass is 32.2. The van der Waals surface area contributed by atoms with E-state index >= 15 is 0 Å². The fraction of sp³-hybridized carbons (Fsp3) is 0.200. The molecule has 0 saturated heterocycles. The van der Waals surface area contributed by atoms with Gasteiger partial charge in [-0.3, -0.25) is 14.5 Å². The number of nitrogens with zero attached hydrogens (tertiary/aromatic N) is 1. The van der Waals surface area contributed by atoms with Crippen molar-refractivity contribution in [3.05, 3.63) is 102 Å². The van der Waals surface area contributed by atoms with Gasteiger partial charge in [0.2, 0.25) is 5.91 Å². The lowest BCUT2D eigenvalue weighted by Crippen LogP contribution is -2.27. The van der Waals surface area contributed by atoms with Crippen molar-refractivity contribution in [2.45, 2.75) is 23.7 Å². The zero-order valence-corrected chi connectivity index (χ0v) is 18.4. The Hall–Kier alpha value is -3.45. The van der Waals surface area contributed by atoms with E-state index < -0.39 is 10.0 Å². The van der Waals surface area contributed by atoms with Crippen molar-refractivity contribution in [3.63, 3.8) is 0 Å². The van der Waals surface area contributed by atoms with E-state index in [9.17, 15) is 13.2 Å². The molecular weight excluding hydrogens is 422 g/mol. The van der Waals surface area contributed by atoms with E-state index in [2.05, 4.69) is 39.3 Å². The fourth-order valence-corrected chi connectivity index (χ4v) is 5.11. The average Bonchev–Trinajstić information content (AvgIpc) is 3.08. The molecule has 0 aliphatic carbocycles. The van der Waals surface area contributed by atoms with E-state index in [1.165, 1.54) is 11.1 Å².